The van der Waals surface area contributed by atoms with Crippen LogP contribution in [0.25, 0.3) is 0 Å². The van der Waals surface area contributed by atoms with E-state index in [1.165, 1.54) is 0 Å². The third-order valence-electron chi connectivity index (χ3n) is 3.59. The third-order valence-corrected chi connectivity index (χ3v) is 3.59. The van der Waals surface area contributed by atoms with Gasteiger partial charge in [0.15, 0.2) is 0 Å². The molecule has 1 aromatic heterocycles. The van der Waals surface area contributed by atoms with Crippen molar-refractivity contribution in [2.24, 2.45) is 0 Å². The fourth-order valence-corrected chi connectivity index (χ4v) is 2.29. The molecule has 1 aliphatic heterocycles. The van der Waals surface area contributed by atoms with Crippen molar-refractivity contribution in [2.75, 3.05) is 13.1 Å². The first-order valence-electron chi connectivity index (χ1n) is 6.63. The molecule has 1 atom stereocenters. The highest BCUT2D eigenvalue weighted by atomic mass is 16.2. The number of carbonyl (C=O) groups is 2. The topological polar surface area (TPSA) is 67.2 Å². The van der Waals surface area contributed by atoms with Gasteiger partial charge in [-0.15, -0.1) is 0 Å². The summed E-state index contributed by atoms with van der Waals surface area (Å²) in [5.74, 6) is 0.0830. The Bertz CT molecular complexity index is 436. The van der Waals surface area contributed by atoms with Crippen LogP contribution in [0.1, 0.15) is 32.7 Å². The number of piperidine rings is 1. The molecule has 2 heterocycles. The summed E-state index contributed by atoms with van der Waals surface area (Å²) in [5, 5.41) is 7.10. The molecule has 0 unspecified atom stereocenters. The normalized spacial score (nSPS) is 18.1. The number of hydrogen-bond acceptors (Lipinski definition) is 3. The molecule has 1 N–H and O–H groups in total. The highest BCUT2D eigenvalue weighted by Crippen LogP contribution is 2.12. The van der Waals surface area contributed by atoms with Crippen molar-refractivity contribution in [3.63, 3.8) is 0 Å². The molecule has 6 nitrogen and oxygen atoms in total. The van der Waals surface area contributed by atoms with E-state index >= 15 is 0 Å². The average molecular weight is 264 g/mol. The maximum absolute atomic E-state index is 12.1. The van der Waals surface area contributed by atoms with Gasteiger partial charge in [0.1, 0.15) is 6.04 Å². The van der Waals surface area contributed by atoms with Crippen LogP contribution in [0, 0.1) is 0 Å². The van der Waals surface area contributed by atoms with Crippen LogP contribution in [0.4, 0.5) is 0 Å². The van der Waals surface area contributed by atoms with E-state index in [-0.39, 0.29) is 23.9 Å². The quantitative estimate of drug-likeness (QED) is 0.868. The number of nitrogens with zero attached hydrogens (tertiary/aromatic N) is 3. The summed E-state index contributed by atoms with van der Waals surface area (Å²) in [4.78, 5) is 25.1. The van der Waals surface area contributed by atoms with Gasteiger partial charge >= 0.3 is 0 Å². The number of likely N-dealkylation sites (tertiary alicyclic amines) is 1. The van der Waals surface area contributed by atoms with Gasteiger partial charge in [-0.2, -0.15) is 5.10 Å². The second-order valence-corrected chi connectivity index (χ2v) is 4.95. The maximum Gasteiger partial charge on any atom is 0.244 e. The Morgan fingerprint density at radius 3 is 2.58 bits per heavy atom. The Balaban J connectivity index is 1.82. The summed E-state index contributed by atoms with van der Waals surface area (Å²) in [6.07, 6.45) is 5.08. The van der Waals surface area contributed by atoms with E-state index in [4.69, 9.17) is 0 Å². The van der Waals surface area contributed by atoms with Gasteiger partial charge in [-0.3, -0.25) is 14.3 Å². The smallest absolute Gasteiger partial charge is 0.244 e. The van der Waals surface area contributed by atoms with Crippen molar-refractivity contribution in [2.45, 2.75) is 38.8 Å². The molecule has 6 heteroatoms. The lowest BCUT2D eigenvalue weighted by atomic mass is 10.0. The summed E-state index contributed by atoms with van der Waals surface area (Å²) in [6.45, 7) is 4.85. The Kier molecular flexibility index (Phi) is 4.19. The molecule has 0 aliphatic carbocycles. The van der Waals surface area contributed by atoms with Crippen molar-refractivity contribution in [1.29, 1.82) is 0 Å². The lowest BCUT2D eigenvalue weighted by Gasteiger charge is -2.32. The van der Waals surface area contributed by atoms with Gasteiger partial charge in [0.2, 0.25) is 11.8 Å². The van der Waals surface area contributed by atoms with Crippen LogP contribution < -0.4 is 5.32 Å². The van der Waals surface area contributed by atoms with Gasteiger partial charge in [-0.1, -0.05) is 0 Å². The van der Waals surface area contributed by atoms with E-state index in [0.717, 1.165) is 25.9 Å². The number of hydrogen-bond donors (Lipinski definition) is 1. The third kappa shape index (κ3) is 3.33. The summed E-state index contributed by atoms with van der Waals surface area (Å²) in [7, 11) is 0. The molecule has 0 aromatic carbocycles. The van der Waals surface area contributed by atoms with E-state index in [2.05, 4.69) is 10.4 Å². The lowest BCUT2D eigenvalue weighted by molar-refractivity contribution is -0.130. The number of nitrogens with one attached hydrogen (secondary N) is 1. The molecule has 1 aliphatic rings. The van der Waals surface area contributed by atoms with Crippen LogP contribution in [0.3, 0.4) is 0 Å². The first kappa shape index (κ1) is 13.6. The number of aromatic nitrogens is 2. The van der Waals surface area contributed by atoms with Crippen molar-refractivity contribution in [3.05, 3.63) is 18.5 Å². The van der Waals surface area contributed by atoms with Crippen LogP contribution in [-0.4, -0.2) is 45.6 Å². The number of carbonyl (C=O) groups excluding carboxylic acids is 2. The first-order valence-corrected chi connectivity index (χ1v) is 6.63. The predicted octanol–water partition coefficient (Wildman–Crippen LogP) is 0.571. The average Bonchev–Trinajstić information content (AvgIpc) is 2.92. The van der Waals surface area contributed by atoms with E-state index in [9.17, 15) is 9.59 Å². The molecule has 1 saturated heterocycles. The van der Waals surface area contributed by atoms with E-state index in [1.807, 2.05) is 11.8 Å². The summed E-state index contributed by atoms with van der Waals surface area (Å²) < 4.78 is 1.64. The van der Waals surface area contributed by atoms with Gasteiger partial charge < -0.3 is 10.2 Å². The molecule has 0 spiro atoms. The molecular weight excluding hydrogens is 244 g/mol. The minimum Gasteiger partial charge on any atom is -0.351 e. The fraction of sp³-hybridized carbons (Fsp3) is 0.615. The molecule has 2 amide bonds. The monoisotopic (exact) mass is 264 g/mol. The second kappa shape index (κ2) is 5.86. The van der Waals surface area contributed by atoms with E-state index in [1.54, 1.807) is 30.1 Å². The van der Waals surface area contributed by atoms with Crippen molar-refractivity contribution in [1.82, 2.24) is 20.0 Å². The largest absolute Gasteiger partial charge is 0.351 e. The lowest BCUT2D eigenvalue weighted by Crippen LogP contribution is -2.47. The molecule has 0 radical (unpaired) electrons. The SMILES string of the molecule is CC(=O)N1CCC(NC(=O)[C@H](C)n2cccn2)CC1. The molecule has 1 aromatic rings. The van der Waals surface area contributed by atoms with Crippen LogP contribution in [0.2, 0.25) is 0 Å². The van der Waals surface area contributed by atoms with Crippen molar-refractivity contribution in [3.8, 4) is 0 Å². The van der Waals surface area contributed by atoms with Crippen molar-refractivity contribution < 1.29 is 9.59 Å². The Morgan fingerprint density at radius 2 is 2.05 bits per heavy atom. The first-order chi connectivity index (χ1) is 9.08. The van der Waals surface area contributed by atoms with E-state index in [0.29, 0.717) is 0 Å². The van der Waals surface area contributed by atoms with Gasteiger partial charge in [0.05, 0.1) is 0 Å². The van der Waals surface area contributed by atoms with Crippen LogP contribution >= 0.6 is 0 Å². The Hall–Kier alpha value is -1.85. The fourth-order valence-electron chi connectivity index (χ4n) is 2.29. The molecule has 0 bridgehead atoms. The number of amides is 2. The second-order valence-electron chi connectivity index (χ2n) is 4.95. The molecule has 2 rings (SSSR count). The van der Waals surface area contributed by atoms with E-state index < -0.39 is 0 Å². The molecular formula is C13H20N4O2. The summed E-state index contributed by atoms with van der Waals surface area (Å²) in [6, 6.07) is 1.65. The summed E-state index contributed by atoms with van der Waals surface area (Å²) >= 11 is 0. The number of rotatable bonds is 3. The Morgan fingerprint density at radius 1 is 1.37 bits per heavy atom. The molecule has 104 valence electrons. The van der Waals surface area contributed by atoms with Crippen molar-refractivity contribution >= 4 is 11.8 Å². The van der Waals surface area contributed by atoms with Crippen LogP contribution in [0.15, 0.2) is 18.5 Å². The minimum absolute atomic E-state index is 0.0232. The van der Waals surface area contributed by atoms with Crippen LogP contribution in [0.5, 0.6) is 0 Å². The zero-order chi connectivity index (χ0) is 13.8. The molecule has 1 fully saturated rings. The predicted molar refractivity (Wildman–Crippen MR) is 70.4 cm³/mol. The summed E-state index contributed by atoms with van der Waals surface area (Å²) in [5.41, 5.74) is 0. The van der Waals surface area contributed by atoms with Gasteiger partial charge in [-0.25, -0.2) is 0 Å². The highest BCUT2D eigenvalue weighted by Gasteiger charge is 2.24. The van der Waals surface area contributed by atoms with Gasteiger partial charge in [0, 0.05) is 38.4 Å². The zero-order valence-electron chi connectivity index (χ0n) is 11.4. The molecule has 19 heavy (non-hydrogen) atoms. The Labute approximate surface area is 112 Å². The maximum atomic E-state index is 12.1. The highest BCUT2D eigenvalue weighted by molar-refractivity contribution is 5.80. The standard InChI is InChI=1S/C13H20N4O2/c1-10(17-7-3-6-14-17)13(19)15-12-4-8-16(9-5-12)11(2)18/h3,6-7,10,12H,4-5,8-9H2,1-2H3,(H,15,19)/t10-/m0/s1. The van der Waals surface area contributed by atoms with Gasteiger partial charge in [-0.05, 0) is 25.8 Å². The zero-order valence-corrected chi connectivity index (χ0v) is 11.4. The van der Waals surface area contributed by atoms with Crippen LogP contribution in [-0.2, 0) is 9.59 Å². The van der Waals surface area contributed by atoms with Gasteiger partial charge in [0.25, 0.3) is 0 Å². The minimum atomic E-state index is -0.305. The molecule has 0 saturated carbocycles.